The zero-order valence-electron chi connectivity index (χ0n) is 20.4. The summed E-state index contributed by atoms with van der Waals surface area (Å²) in [5.41, 5.74) is 1.45. The number of hydrogen-bond donors (Lipinski definition) is 1. The van der Waals surface area contributed by atoms with Gasteiger partial charge < -0.3 is 33.5 Å². The minimum absolute atomic E-state index is 0.0403. The van der Waals surface area contributed by atoms with Crippen molar-refractivity contribution >= 4 is 0 Å². The Morgan fingerprint density at radius 2 is 0.818 bits per heavy atom. The summed E-state index contributed by atoms with van der Waals surface area (Å²) in [6.45, 7) is 6.75. The maximum Gasteiger partial charge on any atom is 0.0701 e. The number of aliphatic hydroxyl groups is 1. The van der Waals surface area contributed by atoms with E-state index >= 15 is 0 Å². The fraction of sp³-hybridized carbons (Fsp3) is 0.769. The van der Waals surface area contributed by atoms with E-state index in [0.29, 0.717) is 72.7 Å². The van der Waals surface area contributed by atoms with Gasteiger partial charge in [0.25, 0.3) is 0 Å². The summed E-state index contributed by atoms with van der Waals surface area (Å²) in [4.78, 5) is 0. The van der Waals surface area contributed by atoms with Crippen LogP contribution in [0.4, 0.5) is 0 Å². The normalized spacial score (nSPS) is 11.3. The van der Waals surface area contributed by atoms with Crippen LogP contribution in [0, 0.1) is 0 Å². The smallest absolute Gasteiger partial charge is 0.0701 e. The largest absolute Gasteiger partial charge is 0.394 e. The summed E-state index contributed by atoms with van der Waals surface area (Å²) in [6.07, 6.45) is 8.78. The lowest BCUT2D eigenvalue weighted by Gasteiger charge is -2.08. The van der Waals surface area contributed by atoms with E-state index in [1.165, 1.54) is 44.1 Å². The second-order valence-corrected chi connectivity index (χ2v) is 7.75. The first kappa shape index (κ1) is 30.0. The molecule has 7 nitrogen and oxygen atoms in total. The van der Waals surface area contributed by atoms with E-state index in [1.807, 2.05) is 0 Å². The molecular weight excluding hydrogens is 424 g/mol. The molecule has 0 atom stereocenters. The molecular formula is C26H46O7. The third-order valence-corrected chi connectivity index (χ3v) is 4.94. The van der Waals surface area contributed by atoms with Crippen molar-refractivity contribution in [2.24, 2.45) is 0 Å². The van der Waals surface area contributed by atoms with Crippen LogP contribution in [0.3, 0.4) is 0 Å². The number of rotatable bonds is 26. The molecule has 33 heavy (non-hydrogen) atoms. The maximum absolute atomic E-state index is 8.56. The molecule has 0 aliphatic carbocycles. The molecule has 0 unspecified atom stereocenters. The number of aliphatic hydroxyl groups excluding tert-OH is 1. The lowest BCUT2D eigenvalue weighted by Crippen LogP contribution is -2.14. The van der Waals surface area contributed by atoms with Gasteiger partial charge in [0.1, 0.15) is 0 Å². The Morgan fingerprint density at radius 3 is 1.30 bits per heavy atom. The molecule has 1 rings (SSSR count). The quantitative estimate of drug-likeness (QED) is 0.207. The molecule has 0 saturated carbocycles. The molecule has 0 aliphatic heterocycles. The van der Waals surface area contributed by atoms with Crippen LogP contribution in [-0.2, 0) is 34.8 Å². The van der Waals surface area contributed by atoms with Gasteiger partial charge in [-0.15, -0.1) is 0 Å². The van der Waals surface area contributed by atoms with E-state index in [4.69, 9.17) is 33.5 Å². The summed E-state index contributed by atoms with van der Waals surface area (Å²) in [7, 11) is 0. The van der Waals surface area contributed by atoms with Crippen LogP contribution in [-0.4, -0.2) is 91.0 Å². The Balaban J connectivity index is 1.64. The van der Waals surface area contributed by atoms with E-state index in [1.54, 1.807) is 0 Å². The molecule has 0 fully saturated rings. The summed E-state index contributed by atoms with van der Waals surface area (Å²) >= 11 is 0. The molecule has 0 spiro atoms. The highest BCUT2D eigenvalue weighted by atomic mass is 16.6. The first-order chi connectivity index (χ1) is 16.4. The van der Waals surface area contributed by atoms with Crippen molar-refractivity contribution in [3.05, 3.63) is 35.9 Å². The minimum atomic E-state index is 0.0403. The van der Waals surface area contributed by atoms with Gasteiger partial charge in [-0.25, -0.2) is 0 Å². The Morgan fingerprint density at radius 1 is 0.424 bits per heavy atom. The van der Waals surface area contributed by atoms with Crippen molar-refractivity contribution in [3.8, 4) is 0 Å². The average Bonchev–Trinajstić information content (AvgIpc) is 2.84. The van der Waals surface area contributed by atoms with Crippen LogP contribution in [0.2, 0.25) is 0 Å². The predicted octanol–water partition coefficient (Wildman–Crippen LogP) is 3.66. The summed E-state index contributed by atoms with van der Waals surface area (Å²) < 4.78 is 32.4. The van der Waals surface area contributed by atoms with Crippen molar-refractivity contribution < 1.29 is 33.5 Å². The molecule has 1 aromatic rings. The third-order valence-electron chi connectivity index (χ3n) is 4.94. The predicted molar refractivity (Wildman–Crippen MR) is 130 cm³/mol. The van der Waals surface area contributed by atoms with Gasteiger partial charge in [0.05, 0.1) is 79.3 Å². The molecule has 0 heterocycles. The number of ether oxygens (including phenoxy) is 6. The van der Waals surface area contributed by atoms with Gasteiger partial charge in [-0.1, -0.05) is 56.0 Å². The van der Waals surface area contributed by atoms with Gasteiger partial charge in [-0.3, -0.25) is 0 Å². The van der Waals surface area contributed by atoms with Crippen LogP contribution < -0.4 is 0 Å². The van der Waals surface area contributed by atoms with Gasteiger partial charge in [0.15, 0.2) is 0 Å². The van der Waals surface area contributed by atoms with Crippen molar-refractivity contribution in [1.29, 1.82) is 0 Å². The number of hydrogen-bond acceptors (Lipinski definition) is 7. The second-order valence-electron chi connectivity index (χ2n) is 7.75. The second kappa shape index (κ2) is 25.6. The van der Waals surface area contributed by atoms with Crippen molar-refractivity contribution in [2.45, 2.75) is 44.9 Å². The third kappa shape index (κ3) is 22.5. The lowest BCUT2D eigenvalue weighted by atomic mass is 10.1. The van der Waals surface area contributed by atoms with Gasteiger partial charge in [-0.05, 0) is 24.8 Å². The first-order valence-corrected chi connectivity index (χ1v) is 12.5. The summed E-state index contributed by atoms with van der Waals surface area (Å²) in [5, 5.41) is 8.56. The van der Waals surface area contributed by atoms with Gasteiger partial charge in [0, 0.05) is 6.61 Å². The number of unbranched alkanes of at least 4 members (excludes halogenated alkanes) is 5. The van der Waals surface area contributed by atoms with Crippen molar-refractivity contribution in [2.75, 3.05) is 85.9 Å². The van der Waals surface area contributed by atoms with E-state index in [9.17, 15) is 0 Å². The Kier molecular flexibility index (Phi) is 23.2. The first-order valence-electron chi connectivity index (χ1n) is 12.5. The highest BCUT2D eigenvalue weighted by Crippen LogP contribution is 2.09. The molecule has 0 radical (unpaired) electrons. The number of benzene rings is 1. The van der Waals surface area contributed by atoms with Gasteiger partial charge in [-0.2, -0.15) is 0 Å². The van der Waals surface area contributed by atoms with Crippen LogP contribution in [0.25, 0.3) is 0 Å². The maximum atomic E-state index is 8.56. The van der Waals surface area contributed by atoms with E-state index in [0.717, 1.165) is 13.0 Å². The van der Waals surface area contributed by atoms with Crippen molar-refractivity contribution in [1.82, 2.24) is 0 Å². The molecule has 0 aliphatic rings. The zero-order valence-corrected chi connectivity index (χ0v) is 20.4. The molecule has 192 valence electrons. The molecule has 0 bridgehead atoms. The summed E-state index contributed by atoms with van der Waals surface area (Å²) in [6, 6.07) is 10.7. The number of aryl methyl sites for hydroxylation is 1. The van der Waals surface area contributed by atoms with Gasteiger partial charge in [0.2, 0.25) is 0 Å². The standard InChI is InChI=1S/C26H46O7/c27-13-15-29-17-19-31-21-23-33-25-24-32-22-20-30-18-16-28-14-9-4-2-1-3-6-10-26-11-7-5-8-12-26/h5,7-8,11-12,27H,1-4,6,9-10,13-25H2. The Bertz CT molecular complexity index is 487. The van der Waals surface area contributed by atoms with Gasteiger partial charge >= 0.3 is 0 Å². The summed E-state index contributed by atoms with van der Waals surface area (Å²) in [5.74, 6) is 0. The monoisotopic (exact) mass is 470 g/mol. The molecule has 0 aromatic heterocycles. The van der Waals surface area contributed by atoms with E-state index < -0.39 is 0 Å². The van der Waals surface area contributed by atoms with Crippen LogP contribution >= 0.6 is 0 Å². The van der Waals surface area contributed by atoms with Crippen LogP contribution in [0.1, 0.15) is 44.1 Å². The van der Waals surface area contributed by atoms with E-state index in [2.05, 4.69) is 30.3 Å². The van der Waals surface area contributed by atoms with E-state index in [-0.39, 0.29) is 6.61 Å². The Labute approximate surface area is 200 Å². The molecule has 0 saturated heterocycles. The van der Waals surface area contributed by atoms with Crippen LogP contribution in [0.15, 0.2) is 30.3 Å². The minimum Gasteiger partial charge on any atom is -0.394 e. The SMILES string of the molecule is OCCOCCOCCOCCOCCOCCOCCCCCCCCc1ccccc1. The van der Waals surface area contributed by atoms with Crippen LogP contribution in [0.5, 0.6) is 0 Å². The molecule has 0 amide bonds. The molecule has 7 heteroatoms. The fourth-order valence-corrected chi connectivity index (χ4v) is 3.15. The lowest BCUT2D eigenvalue weighted by molar-refractivity contribution is -0.0182. The highest BCUT2D eigenvalue weighted by Gasteiger charge is 1.96. The highest BCUT2D eigenvalue weighted by molar-refractivity contribution is 5.14. The topological polar surface area (TPSA) is 75.6 Å². The molecule has 1 aromatic carbocycles. The zero-order chi connectivity index (χ0) is 23.5. The fourth-order valence-electron chi connectivity index (χ4n) is 3.15. The van der Waals surface area contributed by atoms with Crippen molar-refractivity contribution in [3.63, 3.8) is 0 Å². The Hall–Kier alpha value is -1.06. The molecule has 1 N–H and O–H groups in total. The average molecular weight is 471 g/mol.